The lowest BCUT2D eigenvalue weighted by Crippen LogP contribution is -2.25. The van der Waals surface area contributed by atoms with Gasteiger partial charge in [0.1, 0.15) is 17.1 Å². The van der Waals surface area contributed by atoms with Gasteiger partial charge in [-0.2, -0.15) is 0 Å². The van der Waals surface area contributed by atoms with Crippen molar-refractivity contribution in [2.24, 2.45) is 0 Å². The van der Waals surface area contributed by atoms with Gasteiger partial charge in [0.05, 0.1) is 12.7 Å². The number of carbonyl (C=O) groups excluding carboxylic acids is 1. The molecule has 2 aromatic carbocycles. The van der Waals surface area contributed by atoms with Crippen LogP contribution in [0.3, 0.4) is 0 Å². The Labute approximate surface area is 144 Å². The Hall–Kier alpha value is -3.28. The van der Waals surface area contributed by atoms with Gasteiger partial charge in [-0.15, -0.1) is 0 Å². The van der Waals surface area contributed by atoms with Gasteiger partial charge in [0.2, 0.25) is 0 Å². The number of fused-ring (bicyclic) bond motifs is 1. The molecule has 0 unspecified atom stereocenters. The predicted octanol–water partition coefficient (Wildman–Crippen LogP) is 3.53. The van der Waals surface area contributed by atoms with E-state index < -0.39 is 11.7 Å². The van der Waals surface area contributed by atoms with Crippen molar-refractivity contribution in [1.29, 1.82) is 0 Å². The highest BCUT2D eigenvalue weighted by Crippen LogP contribution is 2.25. The van der Waals surface area contributed by atoms with Crippen LogP contribution in [0, 0.1) is 0 Å². The SMILES string of the molecule is COc1ccc(-c2cc3ccc(OC(=O)N(C)C)cc3oc2=O)cc1. The summed E-state index contributed by atoms with van der Waals surface area (Å²) in [5.74, 6) is 1.02. The van der Waals surface area contributed by atoms with E-state index in [-0.39, 0.29) is 0 Å². The molecule has 128 valence electrons. The summed E-state index contributed by atoms with van der Waals surface area (Å²) in [6.07, 6.45) is -0.503. The molecule has 0 atom stereocenters. The van der Waals surface area contributed by atoms with Crippen LogP contribution in [0.5, 0.6) is 11.5 Å². The summed E-state index contributed by atoms with van der Waals surface area (Å²) >= 11 is 0. The van der Waals surface area contributed by atoms with Crippen LogP contribution in [0.15, 0.2) is 57.7 Å². The molecule has 0 N–H and O–H groups in total. The molecule has 1 heterocycles. The Balaban J connectivity index is 1.99. The molecule has 0 aliphatic heterocycles. The first kappa shape index (κ1) is 16.6. The van der Waals surface area contributed by atoms with Gasteiger partial charge in [0.15, 0.2) is 0 Å². The molecule has 0 radical (unpaired) electrons. The first-order valence-corrected chi connectivity index (χ1v) is 7.59. The maximum Gasteiger partial charge on any atom is 0.414 e. The van der Waals surface area contributed by atoms with E-state index in [1.807, 2.05) is 0 Å². The van der Waals surface area contributed by atoms with Crippen LogP contribution in [0.1, 0.15) is 0 Å². The molecule has 0 aliphatic carbocycles. The average molecular weight is 339 g/mol. The number of benzene rings is 2. The summed E-state index contributed by atoms with van der Waals surface area (Å²) in [6, 6.07) is 13.8. The van der Waals surface area contributed by atoms with Crippen molar-refractivity contribution in [3.05, 3.63) is 59.0 Å². The maximum atomic E-state index is 12.3. The van der Waals surface area contributed by atoms with E-state index in [2.05, 4.69) is 0 Å². The Bertz CT molecular complexity index is 973. The largest absolute Gasteiger partial charge is 0.497 e. The summed E-state index contributed by atoms with van der Waals surface area (Å²) in [5, 5.41) is 0.732. The first-order valence-electron chi connectivity index (χ1n) is 7.59. The normalized spacial score (nSPS) is 10.5. The fourth-order valence-electron chi connectivity index (χ4n) is 2.32. The number of methoxy groups -OCH3 is 1. The molecule has 0 fully saturated rings. The minimum atomic E-state index is -0.503. The molecular formula is C19H17NO5. The summed E-state index contributed by atoms with van der Waals surface area (Å²) < 4.78 is 15.7. The van der Waals surface area contributed by atoms with Crippen molar-refractivity contribution in [2.75, 3.05) is 21.2 Å². The minimum Gasteiger partial charge on any atom is -0.497 e. The van der Waals surface area contributed by atoms with Gasteiger partial charge in [0.25, 0.3) is 0 Å². The van der Waals surface area contributed by atoms with Crippen LogP contribution >= 0.6 is 0 Å². The Morgan fingerprint density at radius 3 is 2.32 bits per heavy atom. The molecular weight excluding hydrogens is 322 g/mol. The lowest BCUT2D eigenvalue weighted by atomic mass is 10.1. The molecule has 6 heteroatoms. The number of ether oxygens (including phenoxy) is 2. The van der Waals surface area contributed by atoms with Gasteiger partial charge in [0, 0.05) is 25.5 Å². The lowest BCUT2D eigenvalue weighted by Gasteiger charge is -2.11. The Morgan fingerprint density at radius 2 is 1.68 bits per heavy atom. The van der Waals surface area contributed by atoms with Crippen molar-refractivity contribution >= 4 is 17.1 Å². The molecule has 0 aliphatic rings. The summed E-state index contributed by atoms with van der Waals surface area (Å²) in [5.41, 5.74) is 1.08. The number of carbonyl (C=O) groups is 1. The van der Waals surface area contributed by atoms with Gasteiger partial charge in [-0.1, -0.05) is 12.1 Å². The third-order valence-electron chi connectivity index (χ3n) is 3.68. The van der Waals surface area contributed by atoms with Crippen LogP contribution in [-0.2, 0) is 0 Å². The molecule has 1 aromatic heterocycles. The monoisotopic (exact) mass is 339 g/mol. The van der Waals surface area contributed by atoms with Crippen molar-refractivity contribution in [1.82, 2.24) is 4.90 Å². The van der Waals surface area contributed by atoms with E-state index in [0.717, 1.165) is 10.9 Å². The van der Waals surface area contributed by atoms with Gasteiger partial charge < -0.3 is 18.8 Å². The number of hydrogen-bond donors (Lipinski definition) is 0. The molecule has 1 amide bonds. The molecule has 3 aromatic rings. The van der Waals surface area contributed by atoms with Crippen molar-refractivity contribution in [3.63, 3.8) is 0 Å². The average Bonchev–Trinajstić information content (AvgIpc) is 2.61. The van der Waals surface area contributed by atoms with Crippen LogP contribution in [0.25, 0.3) is 22.1 Å². The highest BCUT2D eigenvalue weighted by molar-refractivity contribution is 5.83. The molecule has 0 saturated heterocycles. The number of amides is 1. The highest BCUT2D eigenvalue weighted by atomic mass is 16.6. The highest BCUT2D eigenvalue weighted by Gasteiger charge is 2.11. The second kappa shape index (κ2) is 6.68. The zero-order valence-electron chi connectivity index (χ0n) is 14.1. The third kappa shape index (κ3) is 3.47. The van der Waals surface area contributed by atoms with Crippen molar-refractivity contribution in [2.45, 2.75) is 0 Å². The number of hydrogen-bond acceptors (Lipinski definition) is 5. The van der Waals surface area contributed by atoms with Crippen molar-refractivity contribution < 1.29 is 18.7 Å². The predicted molar refractivity (Wildman–Crippen MR) is 94.2 cm³/mol. The molecule has 0 bridgehead atoms. The summed E-state index contributed by atoms with van der Waals surface area (Å²) in [4.78, 5) is 25.2. The molecule has 0 spiro atoms. The molecule has 25 heavy (non-hydrogen) atoms. The Morgan fingerprint density at radius 1 is 1.00 bits per heavy atom. The van der Waals surface area contributed by atoms with Gasteiger partial charge >= 0.3 is 11.7 Å². The first-order chi connectivity index (χ1) is 12.0. The fourth-order valence-corrected chi connectivity index (χ4v) is 2.32. The van der Waals surface area contributed by atoms with Crippen LogP contribution in [0.2, 0.25) is 0 Å². The van der Waals surface area contributed by atoms with E-state index in [1.165, 1.54) is 11.0 Å². The van der Waals surface area contributed by atoms with Crippen LogP contribution in [-0.4, -0.2) is 32.2 Å². The van der Waals surface area contributed by atoms with Gasteiger partial charge in [-0.3, -0.25) is 0 Å². The van der Waals surface area contributed by atoms with E-state index in [9.17, 15) is 9.59 Å². The summed E-state index contributed by atoms with van der Waals surface area (Å²) in [6.45, 7) is 0. The molecule has 6 nitrogen and oxygen atoms in total. The van der Waals surface area contributed by atoms with Crippen molar-refractivity contribution in [3.8, 4) is 22.6 Å². The van der Waals surface area contributed by atoms with E-state index in [1.54, 1.807) is 63.7 Å². The van der Waals surface area contributed by atoms with E-state index in [4.69, 9.17) is 13.9 Å². The topological polar surface area (TPSA) is 69.0 Å². The standard InChI is InChI=1S/C19H17NO5/c1-20(2)19(22)24-15-9-6-13-10-16(18(21)25-17(13)11-15)12-4-7-14(23-3)8-5-12/h4-11H,1-3H3. The third-order valence-corrected chi connectivity index (χ3v) is 3.68. The zero-order chi connectivity index (χ0) is 18.0. The maximum absolute atomic E-state index is 12.3. The number of rotatable bonds is 3. The molecule has 0 saturated carbocycles. The second-order valence-corrected chi connectivity index (χ2v) is 5.64. The van der Waals surface area contributed by atoms with Gasteiger partial charge in [-0.25, -0.2) is 9.59 Å². The van der Waals surface area contributed by atoms with E-state index in [0.29, 0.717) is 22.6 Å². The second-order valence-electron chi connectivity index (χ2n) is 5.64. The number of nitrogens with zero attached hydrogens (tertiary/aromatic N) is 1. The van der Waals surface area contributed by atoms with Crippen LogP contribution < -0.4 is 15.1 Å². The lowest BCUT2D eigenvalue weighted by molar-refractivity contribution is 0.172. The van der Waals surface area contributed by atoms with Gasteiger partial charge in [-0.05, 0) is 35.9 Å². The summed E-state index contributed by atoms with van der Waals surface area (Å²) in [7, 11) is 4.76. The quantitative estimate of drug-likeness (QED) is 0.683. The Kier molecular flexibility index (Phi) is 4.43. The smallest absolute Gasteiger partial charge is 0.414 e. The fraction of sp³-hybridized carbons (Fsp3) is 0.158. The molecule has 3 rings (SSSR count). The van der Waals surface area contributed by atoms with Crippen LogP contribution in [0.4, 0.5) is 4.79 Å². The minimum absolute atomic E-state index is 0.312. The van der Waals surface area contributed by atoms with E-state index >= 15 is 0 Å². The zero-order valence-corrected chi connectivity index (χ0v) is 14.1.